The lowest BCUT2D eigenvalue weighted by atomic mass is 10.1. The third kappa shape index (κ3) is 4.50. The Balaban J connectivity index is 1.35. The average molecular weight is 430 g/mol. The number of halogens is 1. The Labute approximate surface area is 180 Å². The zero-order chi connectivity index (χ0) is 20.4. The number of carbonyl (C=O) groups is 1. The van der Waals surface area contributed by atoms with Gasteiger partial charge in [-0.3, -0.25) is 4.79 Å². The van der Waals surface area contributed by atoms with Crippen molar-refractivity contribution in [1.29, 1.82) is 0 Å². The molecule has 1 atom stereocenters. The number of nitrogens with one attached hydrogen (secondary N) is 1. The van der Waals surface area contributed by atoms with Gasteiger partial charge in [0, 0.05) is 42.4 Å². The average Bonchev–Trinajstić information content (AvgIpc) is 3.32. The van der Waals surface area contributed by atoms with Crippen LogP contribution in [0.4, 0.5) is 11.4 Å². The quantitative estimate of drug-likeness (QED) is 0.758. The highest BCUT2D eigenvalue weighted by Crippen LogP contribution is 2.32. The van der Waals surface area contributed by atoms with Gasteiger partial charge in [-0.25, -0.2) is 0 Å². The van der Waals surface area contributed by atoms with Crippen molar-refractivity contribution in [3.05, 3.63) is 70.2 Å². The van der Waals surface area contributed by atoms with Gasteiger partial charge in [0.25, 0.3) is 5.91 Å². The third-order valence-corrected chi connectivity index (χ3v) is 6.51. The van der Waals surface area contributed by atoms with E-state index in [1.165, 1.54) is 11.3 Å². The fourth-order valence-corrected chi connectivity index (χ4v) is 4.75. The molecule has 0 aliphatic carbocycles. The van der Waals surface area contributed by atoms with E-state index >= 15 is 0 Å². The lowest BCUT2D eigenvalue weighted by Gasteiger charge is -2.31. The van der Waals surface area contributed by atoms with Crippen LogP contribution in [-0.2, 0) is 4.74 Å². The smallest absolute Gasteiger partial charge is 0.261 e. The van der Waals surface area contributed by atoms with Gasteiger partial charge in [-0.05, 0) is 48.7 Å². The fraction of sp³-hybridized carbons (Fsp3) is 0.318. The van der Waals surface area contributed by atoms with E-state index in [2.05, 4.69) is 52.5 Å². The Morgan fingerprint density at radius 1 is 1.14 bits per heavy atom. The summed E-state index contributed by atoms with van der Waals surface area (Å²) in [6.07, 6.45) is 0.869. The van der Waals surface area contributed by atoms with Crippen molar-refractivity contribution >= 4 is 40.2 Å². The predicted octanol–water partition coefficient (Wildman–Crippen LogP) is 4.52. The van der Waals surface area contributed by atoms with Crippen molar-refractivity contribution in [2.24, 2.45) is 5.92 Å². The normalized spacial score (nSPS) is 19.7. The summed E-state index contributed by atoms with van der Waals surface area (Å²) < 4.78 is 6.06. The molecule has 1 aromatic heterocycles. The Morgan fingerprint density at radius 2 is 1.86 bits per heavy atom. The van der Waals surface area contributed by atoms with Crippen LogP contribution in [0.1, 0.15) is 16.1 Å². The van der Waals surface area contributed by atoms with E-state index in [1.54, 1.807) is 12.1 Å². The number of benzene rings is 1. The highest BCUT2D eigenvalue weighted by molar-refractivity contribution is 7.17. The van der Waals surface area contributed by atoms with E-state index in [9.17, 15) is 4.79 Å². The van der Waals surface area contributed by atoms with E-state index in [0.29, 0.717) is 28.3 Å². The second-order valence-electron chi connectivity index (χ2n) is 7.35. The van der Waals surface area contributed by atoms with Gasteiger partial charge >= 0.3 is 0 Å². The van der Waals surface area contributed by atoms with Crippen LogP contribution in [0.15, 0.2) is 61.0 Å². The Kier molecular flexibility index (Phi) is 5.94. The number of thiophene rings is 1. The number of carbonyl (C=O) groups excluding carboxylic acids is 1. The van der Waals surface area contributed by atoms with Crippen LogP contribution in [0.5, 0.6) is 0 Å². The molecule has 2 aliphatic heterocycles. The summed E-state index contributed by atoms with van der Waals surface area (Å²) in [7, 11) is 0. The zero-order valence-electron chi connectivity index (χ0n) is 16.2. The number of ether oxygens (including phenoxy) is 1. The number of morpholine rings is 1. The molecule has 1 amide bonds. The molecule has 2 saturated heterocycles. The summed E-state index contributed by atoms with van der Waals surface area (Å²) in [6.45, 7) is 11.9. The number of hydrogen-bond donors (Lipinski definition) is 1. The second-order valence-corrected chi connectivity index (χ2v) is 9.06. The Morgan fingerprint density at radius 3 is 2.52 bits per heavy atom. The molecule has 2 aliphatic rings. The number of amides is 1. The maximum Gasteiger partial charge on any atom is 0.261 e. The van der Waals surface area contributed by atoms with E-state index in [0.717, 1.165) is 48.9 Å². The molecule has 2 aromatic rings. The van der Waals surface area contributed by atoms with Crippen molar-refractivity contribution in [1.82, 2.24) is 5.32 Å². The largest absolute Gasteiger partial charge is 0.373 e. The van der Waals surface area contributed by atoms with Gasteiger partial charge < -0.3 is 19.9 Å². The number of nitrogens with zero attached hydrogens (tertiary/aromatic N) is 2. The van der Waals surface area contributed by atoms with E-state index in [4.69, 9.17) is 16.3 Å². The van der Waals surface area contributed by atoms with Crippen molar-refractivity contribution in [3.8, 4) is 0 Å². The van der Waals surface area contributed by atoms with Gasteiger partial charge in [0.05, 0.1) is 22.4 Å². The van der Waals surface area contributed by atoms with Gasteiger partial charge in [-0.15, -0.1) is 11.3 Å². The molecule has 1 aromatic carbocycles. The summed E-state index contributed by atoms with van der Waals surface area (Å²) in [5, 5.41) is 3.02. The first-order chi connectivity index (χ1) is 14.0. The lowest BCUT2D eigenvalue weighted by Crippen LogP contribution is -2.33. The first kappa shape index (κ1) is 20.0. The molecule has 4 rings (SSSR count). The van der Waals surface area contributed by atoms with Crippen molar-refractivity contribution in [2.75, 3.05) is 42.6 Å². The van der Waals surface area contributed by atoms with Crippen LogP contribution in [0, 0.1) is 5.92 Å². The summed E-state index contributed by atoms with van der Waals surface area (Å²) in [4.78, 5) is 17.3. The monoisotopic (exact) mass is 429 g/mol. The topological polar surface area (TPSA) is 44.8 Å². The predicted molar refractivity (Wildman–Crippen MR) is 120 cm³/mol. The molecule has 3 heterocycles. The molecule has 1 unspecified atom stereocenters. The van der Waals surface area contributed by atoms with Crippen molar-refractivity contribution in [3.63, 3.8) is 0 Å². The van der Waals surface area contributed by atoms with Gasteiger partial charge in [0.15, 0.2) is 0 Å². The van der Waals surface area contributed by atoms with Crippen LogP contribution >= 0.6 is 22.9 Å². The van der Waals surface area contributed by atoms with Crippen LogP contribution in [0.3, 0.4) is 0 Å². The second kappa shape index (κ2) is 8.61. The summed E-state index contributed by atoms with van der Waals surface area (Å²) >= 11 is 7.21. The number of hydrogen-bond acceptors (Lipinski definition) is 5. The Bertz CT molecular complexity index is 924. The Hall–Kier alpha value is -2.28. The first-order valence-electron chi connectivity index (χ1n) is 9.63. The van der Waals surface area contributed by atoms with Crippen molar-refractivity contribution < 1.29 is 9.53 Å². The molecule has 0 spiro atoms. The van der Waals surface area contributed by atoms with Crippen LogP contribution in [0.25, 0.3) is 0 Å². The number of rotatable bonds is 5. The standard InChI is InChI=1S/C22H24ClN3O2S/c1-15-11-17(12-24-22(27)20-7-8-21(23)29-20)13-26(15)19-5-3-18(4-6-19)25-9-10-28-14-16(25)2/h3-8,17H,1-2,9-14H2,(H,24,27). The summed E-state index contributed by atoms with van der Waals surface area (Å²) in [6, 6.07) is 12.0. The SMILES string of the molecule is C=C1COCCN1c1ccc(N2CC(CNC(=O)c3ccc(Cl)s3)CC2=C)cc1. The van der Waals surface area contributed by atoms with Crippen LogP contribution in [0.2, 0.25) is 4.34 Å². The molecule has 1 N–H and O–H groups in total. The number of anilines is 2. The highest BCUT2D eigenvalue weighted by Gasteiger charge is 2.27. The van der Waals surface area contributed by atoms with Gasteiger partial charge in [0.2, 0.25) is 0 Å². The minimum Gasteiger partial charge on any atom is -0.373 e. The number of allylic oxidation sites excluding steroid dienone is 1. The molecule has 0 bridgehead atoms. The first-order valence-corrected chi connectivity index (χ1v) is 10.8. The van der Waals surface area contributed by atoms with Gasteiger partial charge in [-0.1, -0.05) is 24.8 Å². The highest BCUT2D eigenvalue weighted by atomic mass is 35.5. The molecule has 2 fully saturated rings. The molecule has 5 nitrogen and oxygen atoms in total. The maximum absolute atomic E-state index is 12.2. The molecular formula is C22H24ClN3O2S. The molecule has 152 valence electrons. The van der Waals surface area contributed by atoms with Crippen LogP contribution < -0.4 is 15.1 Å². The van der Waals surface area contributed by atoms with E-state index < -0.39 is 0 Å². The van der Waals surface area contributed by atoms with Crippen molar-refractivity contribution in [2.45, 2.75) is 6.42 Å². The third-order valence-electron chi connectivity index (χ3n) is 5.28. The molecule has 0 saturated carbocycles. The zero-order valence-corrected chi connectivity index (χ0v) is 17.8. The molecule has 29 heavy (non-hydrogen) atoms. The fourth-order valence-electron chi connectivity index (χ4n) is 3.79. The maximum atomic E-state index is 12.2. The molecule has 0 radical (unpaired) electrons. The van der Waals surface area contributed by atoms with Gasteiger partial charge in [-0.2, -0.15) is 0 Å². The molecule has 7 heteroatoms. The lowest BCUT2D eigenvalue weighted by molar-refractivity contribution is 0.0952. The minimum absolute atomic E-state index is 0.0685. The van der Waals surface area contributed by atoms with Gasteiger partial charge in [0.1, 0.15) is 0 Å². The van der Waals surface area contributed by atoms with Crippen LogP contribution in [-0.4, -0.2) is 38.8 Å². The van der Waals surface area contributed by atoms with E-state index in [-0.39, 0.29) is 5.91 Å². The summed E-state index contributed by atoms with van der Waals surface area (Å²) in [5.41, 5.74) is 4.31. The van der Waals surface area contributed by atoms with E-state index in [1.807, 2.05) is 0 Å². The minimum atomic E-state index is -0.0685. The molecular weight excluding hydrogens is 406 g/mol. The summed E-state index contributed by atoms with van der Waals surface area (Å²) in [5.74, 6) is 0.265.